The lowest BCUT2D eigenvalue weighted by molar-refractivity contribution is 0.0527. The molecule has 7 heteroatoms. The number of carbonyl (C=O) groups excluding carboxylic acids is 1. The maximum Gasteiger partial charge on any atom is 0.341 e. The third kappa shape index (κ3) is 4.35. The fraction of sp³-hybridized carbons (Fsp3) is 0.211. The molecule has 0 unspecified atom stereocenters. The molecule has 3 aromatic rings. The highest BCUT2D eigenvalue weighted by molar-refractivity contribution is 7.20. The molecule has 0 amide bonds. The van der Waals surface area contributed by atoms with Gasteiger partial charge in [-0.1, -0.05) is 30.4 Å². The van der Waals surface area contributed by atoms with Crippen LogP contribution in [0.15, 0.2) is 45.0 Å². The summed E-state index contributed by atoms with van der Waals surface area (Å²) in [5, 5.41) is 5.46. The fourth-order valence-electron chi connectivity index (χ4n) is 2.35. The molecule has 134 valence electrons. The highest BCUT2D eigenvalue weighted by Crippen LogP contribution is 2.42. The molecule has 26 heavy (non-hydrogen) atoms. The van der Waals surface area contributed by atoms with Crippen molar-refractivity contribution in [3.8, 4) is 0 Å². The number of rotatable bonds is 7. The van der Waals surface area contributed by atoms with Crippen LogP contribution >= 0.6 is 34.0 Å². The third-order valence-corrected chi connectivity index (χ3v) is 6.17. The molecule has 3 aromatic heterocycles. The minimum Gasteiger partial charge on any atom is -0.462 e. The Hall–Kier alpha value is -2.09. The molecule has 0 aromatic carbocycles. The Bertz CT molecular complexity index is 907. The maximum absolute atomic E-state index is 12.5. The normalized spacial score (nSPS) is 11.6. The molecule has 0 saturated carbocycles. The summed E-state index contributed by atoms with van der Waals surface area (Å²) in [5.74, 6) is -0.337. The van der Waals surface area contributed by atoms with Crippen LogP contribution in [0.1, 0.15) is 39.5 Å². The van der Waals surface area contributed by atoms with Crippen LogP contribution in [0.3, 0.4) is 0 Å². The minimum absolute atomic E-state index is 0.333. The van der Waals surface area contributed by atoms with Crippen LogP contribution in [0.5, 0.6) is 0 Å². The Balaban J connectivity index is 2.01. The Labute approximate surface area is 164 Å². The van der Waals surface area contributed by atoms with Crippen molar-refractivity contribution in [1.29, 1.82) is 0 Å². The van der Waals surface area contributed by atoms with Crippen LogP contribution in [-0.2, 0) is 11.2 Å². The molecule has 3 rings (SSSR count). The van der Waals surface area contributed by atoms with Crippen LogP contribution in [0, 0.1) is 0 Å². The molecule has 0 N–H and O–H groups in total. The first-order valence-electron chi connectivity index (χ1n) is 8.20. The molecule has 0 aliphatic heterocycles. The Morgan fingerprint density at radius 1 is 1.04 bits per heavy atom. The van der Waals surface area contributed by atoms with E-state index in [1.807, 2.05) is 48.2 Å². The van der Waals surface area contributed by atoms with Gasteiger partial charge in [0.1, 0.15) is 15.6 Å². The van der Waals surface area contributed by atoms with Crippen molar-refractivity contribution in [2.24, 2.45) is 9.98 Å². The minimum atomic E-state index is -0.337. The number of aliphatic imine (C=N–C) groups is 2. The first-order chi connectivity index (χ1) is 12.7. The van der Waals surface area contributed by atoms with E-state index in [0.717, 1.165) is 20.3 Å². The van der Waals surface area contributed by atoms with E-state index in [9.17, 15) is 4.79 Å². The van der Waals surface area contributed by atoms with Crippen LogP contribution in [-0.4, -0.2) is 25.0 Å². The van der Waals surface area contributed by atoms with Gasteiger partial charge < -0.3 is 4.74 Å². The third-order valence-electron chi connectivity index (χ3n) is 3.50. The lowest BCUT2D eigenvalue weighted by Crippen LogP contribution is -2.06. The molecular formula is C19H18N2O2S3. The summed E-state index contributed by atoms with van der Waals surface area (Å²) in [4.78, 5) is 23.8. The van der Waals surface area contributed by atoms with Gasteiger partial charge in [-0.3, -0.25) is 0 Å². The van der Waals surface area contributed by atoms with Gasteiger partial charge in [0.2, 0.25) is 0 Å². The summed E-state index contributed by atoms with van der Waals surface area (Å²) < 4.78 is 5.26. The Morgan fingerprint density at radius 2 is 1.65 bits per heavy atom. The van der Waals surface area contributed by atoms with Gasteiger partial charge in [0.05, 0.1) is 6.61 Å². The maximum atomic E-state index is 12.5. The number of ether oxygens (including phenoxy) is 1. The van der Waals surface area contributed by atoms with Crippen molar-refractivity contribution in [2.75, 3.05) is 6.61 Å². The molecule has 0 aliphatic rings. The zero-order valence-electron chi connectivity index (χ0n) is 14.5. The number of nitrogens with zero attached hydrogens (tertiary/aromatic N) is 2. The van der Waals surface area contributed by atoms with Gasteiger partial charge in [0, 0.05) is 27.7 Å². The molecule has 0 atom stereocenters. The zero-order valence-corrected chi connectivity index (χ0v) is 16.9. The van der Waals surface area contributed by atoms with Crippen molar-refractivity contribution in [3.05, 3.63) is 55.9 Å². The summed E-state index contributed by atoms with van der Waals surface area (Å²) in [6.45, 7) is 4.15. The smallest absolute Gasteiger partial charge is 0.341 e. The van der Waals surface area contributed by atoms with E-state index in [2.05, 4.69) is 9.98 Å². The fourth-order valence-corrected chi connectivity index (χ4v) is 4.59. The lowest BCUT2D eigenvalue weighted by Gasteiger charge is -2.03. The van der Waals surface area contributed by atoms with Gasteiger partial charge >= 0.3 is 5.97 Å². The number of hydrogen-bond acceptors (Lipinski definition) is 7. The van der Waals surface area contributed by atoms with E-state index >= 15 is 0 Å². The standard InChI is InChI=1S/C19H18N2O2S3/c1-3-15-16(19(22)23-4-2)18(21-12-14-8-6-10-25-14)26-17(15)20-11-13-7-5-9-24-13/h5-12H,3-4H2,1-2H3. The lowest BCUT2D eigenvalue weighted by atomic mass is 10.1. The van der Waals surface area contributed by atoms with Crippen LogP contribution in [0.25, 0.3) is 0 Å². The first kappa shape index (κ1) is 18.7. The molecule has 0 bridgehead atoms. The largest absolute Gasteiger partial charge is 0.462 e. The molecule has 4 nitrogen and oxygen atoms in total. The predicted octanol–water partition coefficient (Wildman–Crippen LogP) is 6.11. The summed E-state index contributed by atoms with van der Waals surface area (Å²) in [6.07, 6.45) is 4.30. The highest BCUT2D eigenvalue weighted by Gasteiger charge is 2.23. The van der Waals surface area contributed by atoms with Gasteiger partial charge in [-0.2, -0.15) is 0 Å². The summed E-state index contributed by atoms with van der Waals surface area (Å²) in [5.41, 5.74) is 1.42. The van der Waals surface area contributed by atoms with Crippen LogP contribution < -0.4 is 0 Å². The summed E-state index contributed by atoms with van der Waals surface area (Å²) in [6, 6.07) is 7.96. The second kappa shape index (κ2) is 9.02. The number of carbonyl (C=O) groups is 1. The van der Waals surface area contributed by atoms with Gasteiger partial charge in [-0.05, 0) is 36.2 Å². The van der Waals surface area contributed by atoms with Gasteiger partial charge in [-0.25, -0.2) is 14.8 Å². The molecule has 0 aliphatic carbocycles. The Morgan fingerprint density at radius 3 is 2.15 bits per heavy atom. The average Bonchev–Trinajstić information content (AvgIpc) is 3.38. The molecule has 0 spiro atoms. The molecule has 0 saturated heterocycles. The highest BCUT2D eigenvalue weighted by atomic mass is 32.1. The molecular weight excluding hydrogens is 384 g/mol. The van der Waals surface area contributed by atoms with Gasteiger partial charge in [0.25, 0.3) is 0 Å². The number of esters is 1. The topological polar surface area (TPSA) is 51.0 Å². The van der Waals surface area contributed by atoms with E-state index in [4.69, 9.17) is 4.74 Å². The predicted molar refractivity (Wildman–Crippen MR) is 113 cm³/mol. The number of hydrogen-bond donors (Lipinski definition) is 0. The molecule has 0 fully saturated rings. The van der Waals surface area contributed by atoms with Gasteiger partial charge in [0.15, 0.2) is 0 Å². The van der Waals surface area contributed by atoms with Crippen LogP contribution in [0.2, 0.25) is 0 Å². The second-order valence-electron chi connectivity index (χ2n) is 5.19. The van der Waals surface area contributed by atoms with E-state index in [1.54, 1.807) is 35.8 Å². The van der Waals surface area contributed by atoms with Crippen molar-refractivity contribution in [1.82, 2.24) is 0 Å². The quantitative estimate of drug-likeness (QED) is 0.353. The molecule has 0 radical (unpaired) electrons. The zero-order chi connectivity index (χ0) is 18.4. The number of thiophene rings is 3. The Kier molecular flexibility index (Phi) is 6.49. The summed E-state index contributed by atoms with van der Waals surface area (Å²) in [7, 11) is 0. The van der Waals surface area contributed by atoms with E-state index < -0.39 is 0 Å². The van der Waals surface area contributed by atoms with Crippen molar-refractivity contribution in [2.45, 2.75) is 20.3 Å². The van der Waals surface area contributed by atoms with E-state index in [1.165, 1.54) is 11.3 Å². The first-order valence-corrected chi connectivity index (χ1v) is 10.8. The second-order valence-corrected chi connectivity index (χ2v) is 8.12. The average molecular weight is 403 g/mol. The van der Waals surface area contributed by atoms with Crippen LogP contribution in [0.4, 0.5) is 10.0 Å². The van der Waals surface area contributed by atoms with Crippen molar-refractivity contribution >= 4 is 62.4 Å². The SMILES string of the molecule is CCOC(=O)c1c(N=Cc2cccs2)sc(N=Cc2cccs2)c1CC. The van der Waals surface area contributed by atoms with E-state index in [0.29, 0.717) is 23.6 Å². The van der Waals surface area contributed by atoms with Crippen molar-refractivity contribution in [3.63, 3.8) is 0 Å². The van der Waals surface area contributed by atoms with E-state index in [-0.39, 0.29) is 5.97 Å². The van der Waals surface area contributed by atoms with Crippen molar-refractivity contribution < 1.29 is 9.53 Å². The monoisotopic (exact) mass is 402 g/mol. The van der Waals surface area contributed by atoms with Gasteiger partial charge in [-0.15, -0.1) is 22.7 Å². The molecule has 3 heterocycles. The summed E-state index contributed by atoms with van der Waals surface area (Å²) >= 11 is 4.65.